The molecular formula is C13H21N3O. The van der Waals surface area contributed by atoms with Gasteiger partial charge in [-0.15, -0.1) is 0 Å². The predicted octanol–water partition coefficient (Wildman–Crippen LogP) is 1.81. The van der Waals surface area contributed by atoms with Crippen molar-refractivity contribution in [3.63, 3.8) is 0 Å². The van der Waals surface area contributed by atoms with Crippen molar-refractivity contribution in [2.45, 2.75) is 26.9 Å². The van der Waals surface area contributed by atoms with Crippen molar-refractivity contribution < 1.29 is 4.74 Å². The molecule has 0 aliphatic carbocycles. The molecule has 1 aromatic rings. The Morgan fingerprint density at radius 2 is 2.35 bits per heavy atom. The van der Waals surface area contributed by atoms with Gasteiger partial charge in [0, 0.05) is 25.8 Å². The van der Waals surface area contributed by atoms with Gasteiger partial charge in [0.25, 0.3) is 0 Å². The van der Waals surface area contributed by atoms with E-state index in [-0.39, 0.29) is 6.10 Å². The van der Waals surface area contributed by atoms with Crippen molar-refractivity contribution in [3.05, 3.63) is 23.8 Å². The van der Waals surface area contributed by atoms with Crippen LogP contribution in [0.2, 0.25) is 0 Å². The van der Waals surface area contributed by atoms with E-state index in [0.29, 0.717) is 5.92 Å². The molecule has 0 radical (unpaired) electrons. The first-order chi connectivity index (χ1) is 8.15. The van der Waals surface area contributed by atoms with Gasteiger partial charge in [-0.3, -0.25) is 4.90 Å². The first kappa shape index (κ1) is 12.5. The van der Waals surface area contributed by atoms with Gasteiger partial charge in [0.2, 0.25) is 0 Å². The Balaban J connectivity index is 2.02. The number of aromatic nitrogens is 2. The number of ether oxygens (including phenoxy) is 1. The number of morpholine rings is 1. The highest BCUT2D eigenvalue weighted by atomic mass is 16.5. The Kier molecular flexibility index (Phi) is 4.07. The second-order valence-electron chi connectivity index (χ2n) is 5.04. The number of rotatable bonds is 3. The van der Waals surface area contributed by atoms with Crippen LogP contribution in [0.5, 0.6) is 0 Å². The lowest BCUT2D eigenvalue weighted by atomic mass is 10.1. The first-order valence-corrected chi connectivity index (χ1v) is 6.28. The van der Waals surface area contributed by atoms with Gasteiger partial charge < -0.3 is 4.74 Å². The number of nitrogens with zero attached hydrogens (tertiary/aromatic N) is 3. The SMILES string of the molecule is Cc1nccc(C2CN(CC(C)C)CCO2)n1. The first-order valence-electron chi connectivity index (χ1n) is 6.28. The molecule has 1 aliphatic rings. The van der Waals surface area contributed by atoms with Crippen molar-refractivity contribution in [2.75, 3.05) is 26.2 Å². The lowest BCUT2D eigenvalue weighted by Gasteiger charge is -2.33. The van der Waals surface area contributed by atoms with Crippen LogP contribution in [0.1, 0.15) is 31.5 Å². The third-order valence-electron chi connectivity index (χ3n) is 2.90. The summed E-state index contributed by atoms with van der Waals surface area (Å²) in [4.78, 5) is 11.0. The molecule has 1 aliphatic heterocycles. The number of hydrogen-bond donors (Lipinski definition) is 0. The fourth-order valence-electron chi connectivity index (χ4n) is 2.22. The fourth-order valence-corrected chi connectivity index (χ4v) is 2.22. The summed E-state index contributed by atoms with van der Waals surface area (Å²) < 4.78 is 5.80. The van der Waals surface area contributed by atoms with E-state index in [4.69, 9.17) is 4.74 Å². The molecule has 1 fully saturated rings. The van der Waals surface area contributed by atoms with Gasteiger partial charge in [-0.1, -0.05) is 13.8 Å². The van der Waals surface area contributed by atoms with Crippen LogP contribution in [0.25, 0.3) is 0 Å². The van der Waals surface area contributed by atoms with E-state index in [1.807, 2.05) is 19.2 Å². The molecule has 2 rings (SSSR count). The molecule has 2 heterocycles. The highest BCUT2D eigenvalue weighted by molar-refractivity contribution is 5.06. The molecule has 0 N–H and O–H groups in total. The molecule has 1 unspecified atom stereocenters. The van der Waals surface area contributed by atoms with Crippen molar-refractivity contribution in [3.8, 4) is 0 Å². The smallest absolute Gasteiger partial charge is 0.125 e. The van der Waals surface area contributed by atoms with Gasteiger partial charge in [-0.25, -0.2) is 9.97 Å². The van der Waals surface area contributed by atoms with Gasteiger partial charge in [-0.05, 0) is 18.9 Å². The van der Waals surface area contributed by atoms with Crippen LogP contribution in [0.3, 0.4) is 0 Å². The van der Waals surface area contributed by atoms with E-state index in [2.05, 4.69) is 28.7 Å². The standard InChI is InChI=1S/C13H21N3O/c1-10(2)8-16-6-7-17-13(9-16)12-4-5-14-11(3)15-12/h4-5,10,13H,6-9H2,1-3H3. The van der Waals surface area contributed by atoms with Crippen LogP contribution < -0.4 is 0 Å². The van der Waals surface area contributed by atoms with Crippen LogP contribution in [-0.2, 0) is 4.74 Å². The van der Waals surface area contributed by atoms with Crippen LogP contribution in [-0.4, -0.2) is 41.1 Å². The topological polar surface area (TPSA) is 38.2 Å². The van der Waals surface area contributed by atoms with Crippen molar-refractivity contribution >= 4 is 0 Å². The molecule has 1 saturated heterocycles. The highest BCUT2D eigenvalue weighted by Gasteiger charge is 2.23. The minimum absolute atomic E-state index is 0.101. The maximum Gasteiger partial charge on any atom is 0.125 e. The normalized spacial score (nSPS) is 22.0. The summed E-state index contributed by atoms with van der Waals surface area (Å²) in [6.45, 7) is 10.3. The van der Waals surface area contributed by atoms with Gasteiger partial charge in [0.15, 0.2) is 0 Å². The zero-order chi connectivity index (χ0) is 12.3. The molecule has 0 amide bonds. The van der Waals surface area contributed by atoms with Crippen molar-refractivity contribution in [1.29, 1.82) is 0 Å². The molecule has 17 heavy (non-hydrogen) atoms. The summed E-state index contributed by atoms with van der Waals surface area (Å²) in [7, 11) is 0. The van der Waals surface area contributed by atoms with Gasteiger partial charge in [0.1, 0.15) is 11.9 Å². The summed E-state index contributed by atoms with van der Waals surface area (Å²) >= 11 is 0. The van der Waals surface area contributed by atoms with Crippen LogP contribution in [0, 0.1) is 12.8 Å². The van der Waals surface area contributed by atoms with E-state index >= 15 is 0 Å². The average molecular weight is 235 g/mol. The summed E-state index contributed by atoms with van der Waals surface area (Å²) in [6, 6.07) is 1.95. The Morgan fingerprint density at radius 3 is 3.06 bits per heavy atom. The van der Waals surface area contributed by atoms with Gasteiger partial charge >= 0.3 is 0 Å². The Hall–Kier alpha value is -1.00. The number of hydrogen-bond acceptors (Lipinski definition) is 4. The highest BCUT2D eigenvalue weighted by Crippen LogP contribution is 2.20. The van der Waals surface area contributed by atoms with E-state index in [0.717, 1.165) is 37.8 Å². The molecule has 0 bridgehead atoms. The zero-order valence-electron chi connectivity index (χ0n) is 10.9. The summed E-state index contributed by atoms with van der Waals surface area (Å²) in [5, 5.41) is 0. The minimum Gasteiger partial charge on any atom is -0.369 e. The molecule has 1 aromatic heterocycles. The predicted molar refractivity (Wildman–Crippen MR) is 66.7 cm³/mol. The fraction of sp³-hybridized carbons (Fsp3) is 0.692. The zero-order valence-corrected chi connectivity index (χ0v) is 10.9. The molecule has 94 valence electrons. The Morgan fingerprint density at radius 1 is 1.53 bits per heavy atom. The van der Waals surface area contributed by atoms with E-state index in [9.17, 15) is 0 Å². The molecule has 0 spiro atoms. The lowest BCUT2D eigenvalue weighted by molar-refractivity contribution is -0.0353. The maximum absolute atomic E-state index is 5.80. The molecule has 0 saturated carbocycles. The van der Waals surface area contributed by atoms with Gasteiger partial charge in [0.05, 0.1) is 12.3 Å². The third kappa shape index (κ3) is 3.48. The van der Waals surface area contributed by atoms with Crippen LogP contribution in [0.4, 0.5) is 0 Å². The summed E-state index contributed by atoms with van der Waals surface area (Å²) in [5.74, 6) is 1.51. The summed E-state index contributed by atoms with van der Waals surface area (Å²) in [5.41, 5.74) is 1.01. The second-order valence-corrected chi connectivity index (χ2v) is 5.04. The van der Waals surface area contributed by atoms with Crippen LogP contribution >= 0.6 is 0 Å². The average Bonchev–Trinajstić information content (AvgIpc) is 2.28. The molecular weight excluding hydrogens is 214 g/mol. The van der Waals surface area contributed by atoms with E-state index in [1.165, 1.54) is 0 Å². The molecule has 1 atom stereocenters. The third-order valence-corrected chi connectivity index (χ3v) is 2.90. The van der Waals surface area contributed by atoms with Crippen molar-refractivity contribution in [2.24, 2.45) is 5.92 Å². The van der Waals surface area contributed by atoms with Gasteiger partial charge in [-0.2, -0.15) is 0 Å². The molecule has 4 nitrogen and oxygen atoms in total. The summed E-state index contributed by atoms with van der Waals surface area (Å²) in [6.07, 6.45) is 1.91. The largest absolute Gasteiger partial charge is 0.369 e. The molecule has 0 aromatic carbocycles. The minimum atomic E-state index is 0.101. The Bertz CT molecular complexity index is 367. The van der Waals surface area contributed by atoms with E-state index in [1.54, 1.807) is 0 Å². The number of aryl methyl sites for hydroxylation is 1. The molecule has 4 heteroatoms. The maximum atomic E-state index is 5.80. The monoisotopic (exact) mass is 235 g/mol. The quantitative estimate of drug-likeness (QED) is 0.801. The Labute approximate surface area is 103 Å². The van der Waals surface area contributed by atoms with Crippen molar-refractivity contribution in [1.82, 2.24) is 14.9 Å². The van der Waals surface area contributed by atoms with E-state index < -0.39 is 0 Å². The lowest BCUT2D eigenvalue weighted by Crippen LogP contribution is -2.40. The second kappa shape index (κ2) is 5.56. The van der Waals surface area contributed by atoms with Crippen LogP contribution in [0.15, 0.2) is 12.3 Å².